The number of nitrogens with zero attached hydrogens (tertiary/aromatic N) is 1. The molecule has 1 aliphatic rings. The van der Waals surface area contributed by atoms with Crippen molar-refractivity contribution in [3.63, 3.8) is 0 Å². The molecule has 0 amide bonds. The number of hydrogen-bond donors (Lipinski definition) is 0. The van der Waals surface area contributed by atoms with Gasteiger partial charge in [-0.05, 0) is 18.2 Å². The van der Waals surface area contributed by atoms with Crippen molar-refractivity contribution >= 4 is 6.08 Å². The van der Waals surface area contributed by atoms with Crippen molar-refractivity contribution < 1.29 is 0 Å². The van der Waals surface area contributed by atoms with Gasteiger partial charge in [-0.15, -0.1) is 0 Å². The molecule has 1 nitrogen and oxygen atoms in total. The Balaban J connectivity index is 2.74. The van der Waals surface area contributed by atoms with E-state index in [4.69, 9.17) is 0 Å². The molecule has 2 rings (SSSR count). The third-order valence-electron chi connectivity index (χ3n) is 2.87. The Labute approximate surface area is 78.8 Å². The maximum Gasteiger partial charge on any atom is 0.0647 e. The highest BCUT2D eigenvalue weighted by Crippen LogP contribution is 2.25. The van der Waals surface area contributed by atoms with Crippen molar-refractivity contribution in [3.8, 4) is 0 Å². The molecule has 0 aliphatic carbocycles. The lowest BCUT2D eigenvalue weighted by Crippen LogP contribution is -2.38. The summed E-state index contributed by atoms with van der Waals surface area (Å²) in [5.41, 5.74) is 0.189. The Morgan fingerprint density at radius 3 is 2.69 bits per heavy atom. The van der Waals surface area contributed by atoms with Gasteiger partial charge in [0.05, 0.1) is 11.4 Å². The average molecular weight is 173 g/mol. The normalized spacial score (nSPS) is 24.1. The van der Waals surface area contributed by atoms with Gasteiger partial charge in [0, 0.05) is 5.41 Å². The summed E-state index contributed by atoms with van der Waals surface area (Å²) in [5, 5.41) is 2.40. The quantitative estimate of drug-likeness (QED) is 0.564. The monoisotopic (exact) mass is 173 g/mol. The Hall–Kier alpha value is -1.11. The van der Waals surface area contributed by atoms with Crippen molar-refractivity contribution in [2.24, 2.45) is 10.4 Å². The molecule has 1 aromatic carbocycles. The Morgan fingerprint density at radius 2 is 1.92 bits per heavy atom. The van der Waals surface area contributed by atoms with Crippen LogP contribution in [-0.2, 0) is 0 Å². The van der Waals surface area contributed by atoms with Crippen LogP contribution in [0.3, 0.4) is 0 Å². The van der Waals surface area contributed by atoms with Crippen LogP contribution in [0.15, 0.2) is 29.3 Å². The Morgan fingerprint density at radius 1 is 1.23 bits per heavy atom. The zero-order chi connectivity index (χ0) is 9.47. The molecule has 1 heteroatoms. The number of fused-ring (bicyclic) bond motifs is 1. The van der Waals surface area contributed by atoms with Gasteiger partial charge in [-0.25, -0.2) is 0 Å². The molecule has 1 aliphatic heterocycles. The zero-order valence-electron chi connectivity index (χ0n) is 8.41. The summed E-state index contributed by atoms with van der Waals surface area (Å²) in [6, 6.07) is 8.70. The third-order valence-corrected chi connectivity index (χ3v) is 2.87. The van der Waals surface area contributed by atoms with Crippen LogP contribution < -0.4 is 10.6 Å². The summed E-state index contributed by atoms with van der Waals surface area (Å²) >= 11 is 0. The number of hydrogen-bond acceptors (Lipinski definition) is 1. The van der Waals surface area contributed by atoms with Crippen molar-refractivity contribution in [1.29, 1.82) is 0 Å². The highest BCUT2D eigenvalue weighted by Gasteiger charge is 2.24. The lowest BCUT2D eigenvalue weighted by atomic mass is 9.83. The molecule has 0 saturated carbocycles. The summed E-state index contributed by atoms with van der Waals surface area (Å²) in [4.78, 5) is 4.67. The molecule has 0 spiro atoms. The van der Waals surface area contributed by atoms with Gasteiger partial charge in [0.15, 0.2) is 0 Å². The van der Waals surface area contributed by atoms with E-state index in [9.17, 15) is 0 Å². The van der Waals surface area contributed by atoms with Gasteiger partial charge in [-0.1, -0.05) is 38.1 Å². The zero-order valence-corrected chi connectivity index (χ0v) is 8.41. The maximum absolute atomic E-state index is 4.67. The largest absolute Gasteiger partial charge is 0.281 e. The summed E-state index contributed by atoms with van der Waals surface area (Å²) in [6.45, 7) is 6.64. The van der Waals surface area contributed by atoms with Crippen LogP contribution in [0.25, 0.3) is 6.08 Å². The van der Waals surface area contributed by atoms with Gasteiger partial charge >= 0.3 is 0 Å². The standard InChI is InChI=1S/C12H15N/c1-9-12(2,3)8-10-6-4-5-7-11(10)13-9/h4-9H,1-3H3. The highest BCUT2D eigenvalue weighted by atomic mass is 14.8. The lowest BCUT2D eigenvalue weighted by Gasteiger charge is -2.27. The van der Waals surface area contributed by atoms with Gasteiger partial charge < -0.3 is 0 Å². The van der Waals surface area contributed by atoms with E-state index in [1.807, 2.05) is 6.07 Å². The van der Waals surface area contributed by atoms with Crippen molar-refractivity contribution in [2.45, 2.75) is 26.8 Å². The van der Waals surface area contributed by atoms with Crippen LogP contribution in [0.4, 0.5) is 0 Å². The molecule has 1 unspecified atom stereocenters. The molecule has 0 aromatic heterocycles. The van der Waals surface area contributed by atoms with Gasteiger partial charge in [-0.3, -0.25) is 4.99 Å². The van der Waals surface area contributed by atoms with Gasteiger partial charge in [0.2, 0.25) is 0 Å². The smallest absolute Gasteiger partial charge is 0.0647 e. The van der Waals surface area contributed by atoms with E-state index >= 15 is 0 Å². The number of benzene rings is 1. The average Bonchev–Trinajstić information content (AvgIpc) is 2.06. The predicted octanol–water partition coefficient (Wildman–Crippen LogP) is 1.52. The topological polar surface area (TPSA) is 12.4 Å². The lowest BCUT2D eigenvalue weighted by molar-refractivity contribution is 0.410. The van der Waals surface area contributed by atoms with Crippen LogP contribution in [0.1, 0.15) is 20.8 Å². The summed E-state index contributed by atoms with van der Waals surface area (Å²) in [7, 11) is 0. The fraction of sp³-hybridized carbons (Fsp3) is 0.417. The molecule has 0 saturated heterocycles. The van der Waals surface area contributed by atoms with E-state index in [-0.39, 0.29) is 5.41 Å². The first kappa shape index (κ1) is 8.49. The van der Waals surface area contributed by atoms with E-state index in [0.717, 1.165) is 5.36 Å². The highest BCUT2D eigenvalue weighted by molar-refractivity contribution is 5.34. The summed E-state index contributed by atoms with van der Waals surface area (Å²) in [6.07, 6.45) is 2.32. The first-order valence-electron chi connectivity index (χ1n) is 4.75. The molecule has 13 heavy (non-hydrogen) atoms. The molecule has 0 fully saturated rings. The van der Waals surface area contributed by atoms with Crippen LogP contribution in [0.2, 0.25) is 0 Å². The van der Waals surface area contributed by atoms with Gasteiger partial charge in [-0.2, -0.15) is 0 Å². The predicted molar refractivity (Wildman–Crippen MR) is 54.9 cm³/mol. The van der Waals surface area contributed by atoms with Crippen LogP contribution in [0, 0.1) is 5.41 Å². The van der Waals surface area contributed by atoms with Crippen LogP contribution in [0.5, 0.6) is 0 Å². The fourth-order valence-electron chi connectivity index (χ4n) is 1.62. The Kier molecular flexibility index (Phi) is 1.76. The van der Waals surface area contributed by atoms with Crippen molar-refractivity contribution in [2.75, 3.05) is 0 Å². The number of rotatable bonds is 0. The Bertz CT molecular complexity index is 429. The van der Waals surface area contributed by atoms with E-state index < -0.39 is 0 Å². The second kappa shape index (κ2) is 2.69. The third kappa shape index (κ3) is 1.39. The SMILES string of the molecule is CC1N=c2ccccc2=CC1(C)C. The minimum Gasteiger partial charge on any atom is -0.281 e. The molecule has 1 heterocycles. The molecule has 1 aromatic rings. The van der Waals surface area contributed by atoms with Crippen LogP contribution >= 0.6 is 0 Å². The maximum atomic E-state index is 4.67. The van der Waals surface area contributed by atoms with Gasteiger partial charge in [0.25, 0.3) is 0 Å². The molecule has 0 bridgehead atoms. The van der Waals surface area contributed by atoms with Gasteiger partial charge in [0.1, 0.15) is 0 Å². The van der Waals surface area contributed by atoms with E-state index in [0.29, 0.717) is 6.04 Å². The molecular weight excluding hydrogens is 158 g/mol. The molecule has 0 N–H and O–H groups in total. The van der Waals surface area contributed by atoms with E-state index in [1.54, 1.807) is 0 Å². The van der Waals surface area contributed by atoms with Crippen molar-refractivity contribution in [3.05, 3.63) is 34.8 Å². The number of para-hydroxylation sites is 1. The molecule has 68 valence electrons. The summed E-state index contributed by atoms with van der Waals surface area (Å²) in [5.74, 6) is 0. The second-order valence-corrected chi connectivity index (χ2v) is 4.33. The van der Waals surface area contributed by atoms with E-state index in [1.165, 1.54) is 5.22 Å². The van der Waals surface area contributed by atoms with E-state index in [2.05, 4.69) is 50.0 Å². The van der Waals surface area contributed by atoms with Crippen molar-refractivity contribution in [1.82, 2.24) is 0 Å². The first-order valence-corrected chi connectivity index (χ1v) is 4.75. The minimum absolute atomic E-state index is 0.189. The molecular formula is C12H15N. The molecule has 0 radical (unpaired) electrons. The minimum atomic E-state index is 0.189. The summed E-state index contributed by atoms with van der Waals surface area (Å²) < 4.78 is 0. The second-order valence-electron chi connectivity index (χ2n) is 4.33. The molecule has 1 atom stereocenters. The van der Waals surface area contributed by atoms with Crippen LogP contribution in [-0.4, -0.2) is 6.04 Å². The fourth-order valence-corrected chi connectivity index (χ4v) is 1.62. The first-order chi connectivity index (χ1) is 6.09.